The second-order valence-electron chi connectivity index (χ2n) is 20.8. The fourth-order valence-electron chi connectivity index (χ4n) is 9.60. The van der Waals surface area contributed by atoms with E-state index >= 15 is 0 Å². The van der Waals surface area contributed by atoms with Crippen molar-refractivity contribution in [1.82, 2.24) is 5.32 Å². The van der Waals surface area contributed by atoms with Crippen molar-refractivity contribution in [3.8, 4) is 0 Å². The molecule has 2 rings (SSSR count). The normalized spacial score (nSPS) is 25.8. The van der Waals surface area contributed by atoms with Crippen LogP contribution in [-0.4, -0.2) is 140 Å². The maximum atomic E-state index is 13.1. The van der Waals surface area contributed by atoms with Gasteiger partial charge in [0.15, 0.2) is 12.6 Å². The minimum atomic E-state index is -1.78. The zero-order valence-electron chi connectivity index (χ0n) is 45.2. The Bertz CT molecular complexity index is 1350. The fourth-order valence-corrected chi connectivity index (χ4v) is 9.60. The molecule has 9 N–H and O–H groups in total. The number of nitrogens with one attached hydrogen (secondary N) is 1. The lowest BCUT2D eigenvalue weighted by Crippen LogP contribution is -2.65. The van der Waals surface area contributed by atoms with Gasteiger partial charge in [-0.15, -0.1) is 0 Å². The van der Waals surface area contributed by atoms with Gasteiger partial charge in [-0.2, -0.15) is 0 Å². The zero-order chi connectivity index (χ0) is 52.4. The first-order valence-electron chi connectivity index (χ1n) is 29.2. The third-order valence-electron chi connectivity index (χ3n) is 14.4. The van der Waals surface area contributed by atoms with Crippen LogP contribution in [0.2, 0.25) is 0 Å². The van der Waals surface area contributed by atoms with E-state index in [9.17, 15) is 45.6 Å². The van der Waals surface area contributed by atoms with Crippen LogP contribution in [0.25, 0.3) is 0 Å². The highest BCUT2D eigenvalue weighted by molar-refractivity contribution is 5.76. The summed E-state index contributed by atoms with van der Waals surface area (Å²) in [6, 6.07) is -0.823. The van der Waals surface area contributed by atoms with Crippen molar-refractivity contribution < 1.29 is 64.6 Å². The molecule has 2 saturated heterocycles. The Balaban J connectivity index is 1.53. The van der Waals surface area contributed by atoms with Crippen LogP contribution in [0.4, 0.5) is 0 Å². The Labute approximate surface area is 436 Å². The monoisotopic (exact) mass is 1030 g/mol. The van der Waals surface area contributed by atoms with Crippen LogP contribution >= 0.6 is 0 Å². The Morgan fingerprint density at radius 2 is 0.917 bits per heavy atom. The van der Waals surface area contributed by atoms with Crippen LogP contribution in [0.1, 0.15) is 232 Å². The predicted octanol–water partition coefficient (Wildman–Crippen LogP) is 9.44. The van der Waals surface area contributed by atoms with E-state index in [0.29, 0.717) is 12.8 Å². The highest BCUT2D eigenvalue weighted by Crippen LogP contribution is 2.30. The molecule has 12 atom stereocenters. The molecular weight excluding hydrogens is 919 g/mol. The SMILES string of the molecule is CCCCCCC/C=C\C/C=C\C/C=C\CCCCCCCCCCCCCCCCCCCCC(=O)NC(COC1OC(CO)C(OC2OC(CO)C(O)C(O)C2O)C(O)C1O)C(O)CCCCCCC. The topological polar surface area (TPSA) is 228 Å². The largest absolute Gasteiger partial charge is 0.394 e. The number of ether oxygens (including phenoxy) is 4. The number of carbonyl (C=O) groups excluding carboxylic acids is 1. The van der Waals surface area contributed by atoms with E-state index in [4.69, 9.17) is 18.9 Å². The van der Waals surface area contributed by atoms with Crippen molar-refractivity contribution in [2.75, 3.05) is 19.8 Å². The van der Waals surface area contributed by atoms with Gasteiger partial charge in [0.1, 0.15) is 48.8 Å². The number of unbranched alkanes of at least 4 members (excludes halogenated alkanes) is 27. The van der Waals surface area contributed by atoms with Gasteiger partial charge in [0.05, 0.1) is 32.0 Å². The summed E-state index contributed by atoms with van der Waals surface area (Å²) in [6.07, 6.45) is 36.7. The summed E-state index contributed by atoms with van der Waals surface area (Å²) < 4.78 is 22.6. The summed E-state index contributed by atoms with van der Waals surface area (Å²) in [5.74, 6) is -0.212. The molecule has 0 spiro atoms. The first kappa shape index (κ1) is 66.3. The summed E-state index contributed by atoms with van der Waals surface area (Å²) in [5, 5.41) is 86.5. The highest BCUT2D eigenvalue weighted by atomic mass is 16.7. The van der Waals surface area contributed by atoms with E-state index in [1.165, 1.54) is 135 Å². The maximum Gasteiger partial charge on any atom is 0.220 e. The van der Waals surface area contributed by atoms with Crippen LogP contribution in [-0.2, 0) is 23.7 Å². The molecule has 0 saturated carbocycles. The van der Waals surface area contributed by atoms with Gasteiger partial charge < -0.3 is 65.1 Å². The minimum Gasteiger partial charge on any atom is -0.394 e. The van der Waals surface area contributed by atoms with Crippen LogP contribution in [0.3, 0.4) is 0 Å². The number of hydrogen-bond acceptors (Lipinski definition) is 13. The molecule has 2 heterocycles. The van der Waals surface area contributed by atoms with Crippen LogP contribution in [0, 0.1) is 0 Å². The summed E-state index contributed by atoms with van der Waals surface area (Å²) >= 11 is 0. The van der Waals surface area contributed by atoms with Crippen molar-refractivity contribution in [1.29, 1.82) is 0 Å². The molecule has 0 bridgehead atoms. The average molecular weight is 1030 g/mol. The predicted molar refractivity (Wildman–Crippen MR) is 286 cm³/mol. The second kappa shape index (κ2) is 44.3. The fraction of sp³-hybridized carbons (Fsp3) is 0.879. The van der Waals surface area contributed by atoms with Gasteiger partial charge in [0.2, 0.25) is 5.91 Å². The molecule has 2 fully saturated rings. The maximum absolute atomic E-state index is 13.1. The first-order chi connectivity index (χ1) is 35.1. The molecule has 0 aliphatic carbocycles. The van der Waals surface area contributed by atoms with Gasteiger partial charge in [-0.05, 0) is 51.4 Å². The molecule has 0 radical (unpaired) electrons. The number of aliphatic hydroxyl groups is 8. The Hall–Kier alpha value is -1.79. The standard InChI is InChI=1S/C58H107NO13/c1-3-5-7-9-10-11-12-13-14-15-16-17-18-19-20-21-22-23-24-25-26-27-28-29-30-31-32-33-34-35-36-38-40-42-50(63)59-46(47(62)41-39-37-8-6-4-2)45-69-57-55(68)53(66)56(49(44-61)71-57)72-58-54(67)52(65)51(64)48(43-60)70-58/h12-13,15-16,18-19,46-49,51-58,60-62,64-68H,3-11,14,17,20-45H2,1-2H3,(H,59,63)/b13-12-,16-15-,19-18-. The zero-order valence-corrected chi connectivity index (χ0v) is 45.2. The van der Waals surface area contributed by atoms with E-state index in [0.717, 1.165) is 70.6 Å². The van der Waals surface area contributed by atoms with Crippen LogP contribution < -0.4 is 5.32 Å². The lowest BCUT2D eigenvalue weighted by atomic mass is 9.97. The quantitative estimate of drug-likeness (QED) is 0.0205. The number of amides is 1. The summed E-state index contributed by atoms with van der Waals surface area (Å²) in [4.78, 5) is 13.1. The van der Waals surface area contributed by atoms with Crippen molar-refractivity contribution >= 4 is 5.91 Å². The number of allylic oxidation sites excluding steroid dienone is 6. The smallest absolute Gasteiger partial charge is 0.220 e. The molecule has 1 amide bonds. The number of rotatable bonds is 46. The number of carbonyl (C=O) groups is 1. The minimum absolute atomic E-state index is 0.212. The summed E-state index contributed by atoms with van der Waals surface area (Å²) in [6.45, 7) is 2.75. The highest BCUT2D eigenvalue weighted by Gasteiger charge is 2.51. The molecule has 12 unspecified atom stereocenters. The van der Waals surface area contributed by atoms with Crippen molar-refractivity contribution in [3.63, 3.8) is 0 Å². The van der Waals surface area contributed by atoms with Crippen LogP contribution in [0.5, 0.6) is 0 Å². The lowest BCUT2D eigenvalue weighted by molar-refractivity contribution is -0.359. The Morgan fingerprint density at radius 3 is 1.40 bits per heavy atom. The van der Waals surface area contributed by atoms with Gasteiger partial charge >= 0.3 is 0 Å². The molecule has 2 aliphatic heterocycles. The second-order valence-corrected chi connectivity index (χ2v) is 20.8. The van der Waals surface area contributed by atoms with Gasteiger partial charge in [-0.3, -0.25) is 4.79 Å². The van der Waals surface area contributed by atoms with E-state index in [-0.39, 0.29) is 12.5 Å². The van der Waals surface area contributed by atoms with Gasteiger partial charge in [-0.25, -0.2) is 0 Å². The molecule has 72 heavy (non-hydrogen) atoms. The molecule has 0 aromatic rings. The average Bonchev–Trinajstić information content (AvgIpc) is 3.38. The Morgan fingerprint density at radius 1 is 0.500 bits per heavy atom. The number of hydrogen-bond donors (Lipinski definition) is 9. The molecule has 0 aromatic carbocycles. The van der Waals surface area contributed by atoms with E-state index in [2.05, 4.69) is 55.6 Å². The third-order valence-corrected chi connectivity index (χ3v) is 14.4. The molecule has 2 aliphatic rings. The van der Waals surface area contributed by atoms with Crippen molar-refractivity contribution in [2.24, 2.45) is 0 Å². The Kier molecular flexibility index (Phi) is 40.9. The molecular formula is C58H107NO13. The lowest BCUT2D eigenvalue weighted by Gasteiger charge is -2.46. The van der Waals surface area contributed by atoms with E-state index < -0.39 is 86.8 Å². The van der Waals surface area contributed by atoms with E-state index in [1.807, 2.05) is 0 Å². The van der Waals surface area contributed by atoms with E-state index in [1.54, 1.807) is 0 Å². The van der Waals surface area contributed by atoms with Gasteiger partial charge in [0, 0.05) is 6.42 Å². The van der Waals surface area contributed by atoms with Gasteiger partial charge in [-0.1, -0.05) is 211 Å². The van der Waals surface area contributed by atoms with Crippen molar-refractivity contribution in [2.45, 2.75) is 306 Å². The van der Waals surface area contributed by atoms with Crippen LogP contribution in [0.15, 0.2) is 36.5 Å². The third kappa shape index (κ3) is 30.1. The molecule has 422 valence electrons. The molecule has 14 nitrogen and oxygen atoms in total. The molecule has 14 heteroatoms. The summed E-state index contributed by atoms with van der Waals surface area (Å²) in [5.41, 5.74) is 0. The van der Waals surface area contributed by atoms with Crippen molar-refractivity contribution in [3.05, 3.63) is 36.5 Å². The number of aliphatic hydroxyl groups excluding tert-OH is 8. The van der Waals surface area contributed by atoms with Gasteiger partial charge in [0.25, 0.3) is 0 Å². The summed E-state index contributed by atoms with van der Waals surface area (Å²) in [7, 11) is 0. The molecule has 0 aromatic heterocycles. The first-order valence-corrected chi connectivity index (χ1v) is 29.2.